The van der Waals surface area contributed by atoms with Gasteiger partial charge in [0.05, 0.1) is 22.6 Å². The largest absolute Gasteiger partial charge is 0.478 e. The molecule has 0 unspecified atom stereocenters. The molecule has 0 spiro atoms. The number of benzene rings is 2. The van der Waals surface area contributed by atoms with Gasteiger partial charge in [0.1, 0.15) is 5.75 Å². The molecule has 1 amide bonds. The van der Waals surface area contributed by atoms with Gasteiger partial charge in [-0.05, 0) is 48.2 Å². The topological polar surface area (TPSA) is 123 Å². The lowest BCUT2D eigenvalue weighted by atomic mass is 9.87. The van der Waals surface area contributed by atoms with Crippen molar-refractivity contribution in [2.24, 2.45) is 5.92 Å². The van der Waals surface area contributed by atoms with Gasteiger partial charge in [-0.1, -0.05) is 55.2 Å². The molecule has 4 rings (SSSR count). The van der Waals surface area contributed by atoms with Crippen molar-refractivity contribution in [2.75, 3.05) is 11.6 Å². The van der Waals surface area contributed by atoms with Gasteiger partial charge in [-0.3, -0.25) is 4.79 Å². The van der Waals surface area contributed by atoms with Gasteiger partial charge in [0.2, 0.25) is 11.0 Å². The Morgan fingerprint density at radius 2 is 1.89 bits per heavy atom. The molecular weight excluding hydrogens is 488 g/mol. The minimum atomic E-state index is -3.32. The average molecular weight is 515 g/mol. The van der Waals surface area contributed by atoms with Crippen LogP contribution in [-0.2, 0) is 14.6 Å². The molecule has 1 aromatic heterocycles. The van der Waals surface area contributed by atoms with Crippen LogP contribution < -0.4 is 10.1 Å². The second-order valence-corrected chi connectivity index (χ2v) is 11.7. The Balaban J connectivity index is 1.49. The summed E-state index contributed by atoms with van der Waals surface area (Å²) in [5.74, 6) is -0.899. The van der Waals surface area contributed by atoms with E-state index in [9.17, 15) is 18.0 Å². The monoisotopic (exact) mass is 514 g/mol. The Morgan fingerprint density at radius 1 is 1.17 bits per heavy atom. The zero-order chi connectivity index (χ0) is 25.0. The molecule has 1 saturated carbocycles. The molecule has 1 heterocycles. The van der Waals surface area contributed by atoms with Crippen LogP contribution in [0.2, 0.25) is 0 Å². The molecule has 1 fully saturated rings. The van der Waals surface area contributed by atoms with E-state index in [-0.39, 0.29) is 16.4 Å². The van der Waals surface area contributed by atoms with Gasteiger partial charge in [0, 0.05) is 6.26 Å². The number of thiazole rings is 1. The van der Waals surface area contributed by atoms with Gasteiger partial charge in [-0.25, -0.2) is 18.2 Å². The minimum Gasteiger partial charge on any atom is -0.478 e. The van der Waals surface area contributed by atoms with E-state index < -0.39 is 21.7 Å². The first-order valence-electron chi connectivity index (χ1n) is 11.3. The third-order valence-corrected chi connectivity index (χ3v) is 8.00. The van der Waals surface area contributed by atoms with Crippen molar-refractivity contribution >= 4 is 38.2 Å². The summed E-state index contributed by atoms with van der Waals surface area (Å²) in [5, 5.41) is 12.8. The van der Waals surface area contributed by atoms with Crippen molar-refractivity contribution in [3.05, 3.63) is 65.9 Å². The SMILES string of the molecule is CS(=O)(=O)c1ccc([C@@H](CC2CCCC2)C(=O)Nc2ncc(Oc3cccc(C(=O)O)c3)s2)cc1. The zero-order valence-corrected chi connectivity index (χ0v) is 20.8. The number of aromatic carboxylic acids is 1. The predicted octanol–water partition coefficient (Wildman–Crippen LogP) is 5.34. The van der Waals surface area contributed by atoms with Gasteiger partial charge < -0.3 is 15.2 Å². The highest BCUT2D eigenvalue weighted by Crippen LogP contribution is 2.36. The number of carboxylic acids is 1. The number of carbonyl (C=O) groups is 2. The molecule has 3 aromatic rings. The Morgan fingerprint density at radius 3 is 2.54 bits per heavy atom. The number of hydrogen-bond acceptors (Lipinski definition) is 7. The van der Waals surface area contributed by atoms with Crippen LogP contribution in [0.15, 0.2) is 59.6 Å². The highest BCUT2D eigenvalue weighted by molar-refractivity contribution is 7.90. The molecule has 10 heteroatoms. The van der Waals surface area contributed by atoms with E-state index in [1.165, 1.54) is 18.3 Å². The fourth-order valence-electron chi connectivity index (χ4n) is 4.29. The quantitative estimate of drug-likeness (QED) is 0.395. The first-order valence-corrected chi connectivity index (χ1v) is 14.0. The molecule has 2 N–H and O–H groups in total. The molecule has 1 aliphatic carbocycles. The number of carbonyl (C=O) groups excluding carboxylic acids is 1. The summed E-state index contributed by atoms with van der Waals surface area (Å²) in [6.45, 7) is 0. The average Bonchev–Trinajstić information content (AvgIpc) is 3.49. The molecule has 0 bridgehead atoms. The third kappa shape index (κ3) is 6.46. The van der Waals surface area contributed by atoms with E-state index in [4.69, 9.17) is 9.84 Å². The summed E-state index contributed by atoms with van der Waals surface area (Å²) in [4.78, 5) is 28.9. The normalized spacial score (nSPS) is 15.0. The summed E-state index contributed by atoms with van der Waals surface area (Å²) >= 11 is 1.14. The minimum absolute atomic E-state index is 0.109. The maximum atomic E-state index is 13.3. The van der Waals surface area contributed by atoms with Crippen molar-refractivity contribution in [1.82, 2.24) is 4.98 Å². The van der Waals surface area contributed by atoms with Gasteiger partial charge in [-0.15, -0.1) is 0 Å². The molecule has 0 saturated heterocycles. The lowest BCUT2D eigenvalue weighted by Crippen LogP contribution is -2.23. The van der Waals surface area contributed by atoms with Crippen LogP contribution in [0.3, 0.4) is 0 Å². The molecule has 1 atom stereocenters. The van der Waals surface area contributed by atoms with Gasteiger partial charge in [-0.2, -0.15) is 0 Å². The summed E-state index contributed by atoms with van der Waals surface area (Å²) in [7, 11) is -3.32. The Bertz CT molecular complexity index is 1310. The summed E-state index contributed by atoms with van der Waals surface area (Å²) in [5.41, 5.74) is 0.873. The van der Waals surface area contributed by atoms with Crippen molar-refractivity contribution in [1.29, 1.82) is 0 Å². The number of rotatable bonds is 9. The number of carboxylic acid groups (broad SMARTS) is 1. The molecular formula is C25H26N2O6S2. The summed E-state index contributed by atoms with van der Waals surface area (Å²) < 4.78 is 29.4. The van der Waals surface area contributed by atoms with E-state index >= 15 is 0 Å². The van der Waals surface area contributed by atoms with Crippen molar-refractivity contribution in [2.45, 2.75) is 42.9 Å². The van der Waals surface area contributed by atoms with Crippen molar-refractivity contribution in [3.63, 3.8) is 0 Å². The van der Waals surface area contributed by atoms with Gasteiger partial charge >= 0.3 is 5.97 Å². The molecule has 0 radical (unpaired) electrons. The second-order valence-electron chi connectivity index (χ2n) is 8.69. The van der Waals surface area contributed by atoms with Crippen LogP contribution in [0.4, 0.5) is 5.13 Å². The van der Waals surface area contributed by atoms with Crippen LogP contribution in [0.25, 0.3) is 0 Å². The predicted molar refractivity (Wildman–Crippen MR) is 133 cm³/mol. The van der Waals surface area contributed by atoms with E-state index in [2.05, 4.69) is 10.3 Å². The zero-order valence-electron chi connectivity index (χ0n) is 19.1. The fourth-order valence-corrected chi connectivity index (χ4v) is 5.61. The van der Waals surface area contributed by atoms with E-state index in [0.29, 0.717) is 28.3 Å². The van der Waals surface area contributed by atoms with E-state index in [0.717, 1.165) is 48.8 Å². The molecule has 0 aliphatic heterocycles. The number of sulfone groups is 1. The first-order chi connectivity index (χ1) is 16.7. The number of aromatic nitrogens is 1. The maximum Gasteiger partial charge on any atom is 0.335 e. The lowest BCUT2D eigenvalue weighted by molar-refractivity contribution is -0.118. The van der Waals surface area contributed by atoms with Crippen molar-refractivity contribution in [3.8, 4) is 10.8 Å². The molecule has 1 aliphatic rings. The summed E-state index contributed by atoms with van der Waals surface area (Å²) in [6, 6.07) is 12.6. The van der Waals surface area contributed by atoms with Gasteiger partial charge in [0.25, 0.3) is 0 Å². The van der Waals surface area contributed by atoms with Gasteiger partial charge in [0.15, 0.2) is 15.0 Å². The fraction of sp³-hybridized carbons (Fsp3) is 0.320. The molecule has 184 valence electrons. The van der Waals surface area contributed by atoms with E-state index in [1.54, 1.807) is 36.4 Å². The standard InChI is InChI=1S/C25H26N2O6S2/c1-35(31,32)20-11-9-17(10-12-20)21(13-16-5-2-3-6-16)23(28)27-25-26-15-22(34-25)33-19-8-4-7-18(14-19)24(29)30/h4,7-12,14-16,21H,2-3,5-6,13H2,1H3,(H,29,30)(H,26,27,28)/t21-/m1/s1. The van der Waals surface area contributed by atoms with Crippen LogP contribution in [0.5, 0.6) is 10.8 Å². The van der Waals surface area contributed by atoms with Crippen LogP contribution in [0.1, 0.15) is 53.9 Å². The number of nitrogens with one attached hydrogen (secondary N) is 1. The molecule has 35 heavy (non-hydrogen) atoms. The highest BCUT2D eigenvalue weighted by Gasteiger charge is 2.27. The molecule has 2 aromatic carbocycles. The molecule has 8 nitrogen and oxygen atoms in total. The number of nitrogens with zero attached hydrogens (tertiary/aromatic N) is 1. The number of ether oxygens (including phenoxy) is 1. The smallest absolute Gasteiger partial charge is 0.335 e. The van der Waals surface area contributed by atoms with Crippen LogP contribution in [-0.4, -0.2) is 36.6 Å². The number of amides is 1. The van der Waals surface area contributed by atoms with E-state index in [1.807, 2.05) is 0 Å². The Kier molecular flexibility index (Phi) is 7.51. The third-order valence-electron chi connectivity index (χ3n) is 6.08. The Hall–Kier alpha value is -3.24. The first kappa shape index (κ1) is 24.9. The highest BCUT2D eigenvalue weighted by atomic mass is 32.2. The summed E-state index contributed by atoms with van der Waals surface area (Å²) in [6.07, 6.45) is 7.78. The maximum absolute atomic E-state index is 13.3. The van der Waals surface area contributed by atoms with Crippen LogP contribution >= 0.6 is 11.3 Å². The Labute approximate surface area is 207 Å². The second kappa shape index (κ2) is 10.6. The number of hydrogen-bond donors (Lipinski definition) is 2. The van der Waals surface area contributed by atoms with Crippen molar-refractivity contribution < 1.29 is 27.9 Å². The van der Waals surface area contributed by atoms with Crippen LogP contribution in [0, 0.1) is 5.92 Å². The lowest BCUT2D eigenvalue weighted by Gasteiger charge is -2.20. The number of anilines is 1.